The summed E-state index contributed by atoms with van der Waals surface area (Å²) < 4.78 is 0. The van der Waals surface area contributed by atoms with Gasteiger partial charge in [-0.3, -0.25) is 29.9 Å². The SMILES string of the molecule is Cc1ccnc(-c2cc(CCc3cncnc3)ccn2)c1.Cc1ccnc(-c2cc(CCc3cncnc3)ccn2)c1.Cc1ccnc(-c2cc(CCc3cncnc3)ccn2)c1.[Fe+2]. The maximum Gasteiger partial charge on any atom is 2.00 e. The van der Waals surface area contributed by atoms with Gasteiger partial charge in [-0.25, -0.2) is 29.9 Å². The Morgan fingerprint density at radius 2 is 0.500 bits per heavy atom. The van der Waals surface area contributed by atoms with E-state index in [-0.39, 0.29) is 17.1 Å². The van der Waals surface area contributed by atoms with Gasteiger partial charge in [0, 0.05) is 74.4 Å². The van der Waals surface area contributed by atoms with E-state index in [1.165, 1.54) is 33.4 Å². The summed E-state index contributed by atoms with van der Waals surface area (Å²) in [6.07, 6.45) is 32.4. The van der Waals surface area contributed by atoms with Crippen molar-refractivity contribution in [2.45, 2.75) is 59.3 Å². The molecule has 0 aromatic carbocycles. The summed E-state index contributed by atoms with van der Waals surface area (Å²) in [7, 11) is 0. The number of nitrogens with zero attached hydrogens (tertiary/aromatic N) is 12. The van der Waals surface area contributed by atoms with Crippen LogP contribution in [0.2, 0.25) is 0 Å². The molecule has 9 aromatic heterocycles. The fourth-order valence-electron chi connectivity index (χ4n) is 6.58. The van der Waals surface area contributed by atoms with Gasteiger partial charge in [0.2, 0.25) is 0 Å². The minimum atomic E-state index is 0. The summed E-state index contributed by atoms with van der Waals surface area (Å²) in [6.45, 7) is 6.18. The van der Waals surface area contributed by atoms with Gasteiger partial charge in [0.1, 0.15) is 19.0 Å². The van der Waals surface area contributed by atoms with Crippen LogP contribution in [0.5, 0.6) is 0 Å². The normalized spacial score (nSPS) is 10.4. The number of aromatic nitrogens is 12. The summed E-state index contributed by atoms with van der Waals surface area (Å²) in [4.78, 5) is 50.6. The fourth-order valence-corrected chi connectivity index (χ4v) is 6.58. The summed E-state index contributed by atoms with van der Waals surface area (Å²) in [5.74, 6) is 0. The van der Waals surface area contributed by atoms with Crippen LogP contribution in [-0.2, 0) is 55.6 Å². The quantitative estimate of drug-likeness (QED) is 0.108. The Kier molecular flexibility index (Phi) is 17.6. The van der Waals surface area contributed by atoms with Crippen molar-refractivity contribution in [2.24, 2.45) is 0 Å². The molecule has 0 fully saturated rings. The molecule has 0 unspecified atom stereocenters. The Balaban J connectivity index is 0.000000158. The van der Waals surface area contributed by atoms with Gasteiger partial charge in [-0.05, 0) is 182 Å². The molecule has 0 aliphatic heterocycles. The first-order valence-corrected chi connectivity index (χ1v) is 20.8. The minimum absolute atomic E-state index is 0. The molecule has 9 aromatic rings. The third kappa shape index (κ3) is 14.6. The van der Waals surface area contributed by atoms with Gasteiger partial charge < -0.3 is 0 Å². The van der Waals surface area contributed by atoms with Crippen molar-refractivity contribution in [3.05, 3.63) is 216 Å². The van der Waals surface area contributed by atoms with E-state index in [9.17, 15) is 0 Å². The van der Waals surface area contributed by atoms with Gasteiger partial charge >= 0.3 is 17.1 Å². The molecule has 13 heteroatoms. The predicted octanol–water partition coefficient (Wildman–Crippen LogP) is 9.08. The van der Waals surface area contributed by atoms with Crippen LogP contribution in [0.1, 0.15) is 50.1 Å². The van der Waals surface area contributed by atoms with Gasteiger partial charge in [0.25, 0.3) is 0 Å². The second-order valence-electron chi connectivity index (χ2n) is 15.0. The van der Waals surface area contributed by atoms with Crippen molar-refractivity contribution < 1.29 is 17.1 Å². The van der Waals surface area contributed by atoms with Crippen LogP contribution in [-0.4, -0.2) is 59.8 Å². The third-order valence-corrected chi connectivity index (χ3v) is 9.96. The molecule has 0 aliphatic rings. The van der Waals surface area contributed by atoms with Crippen LogP contribution in [0.4, 0.5) is 0 Å². The van der Waals surface area contributed by atoms with Crippen LogP contribution in [0.15, 0.2) is 166 Å². The van der Waals surface area contributed by atoms with Gasteiger partial charge in [-0.1, -0.05) is 0 Å². The molecule has 9 heterocycles. The molecule has 0 N–H and O–H groups in total. The van der Waals surface area contributed by atoms with Gasteiger partial charge in [0.15, 0.2) is 0 Å². The molecule has 12 nitrogen and oxygen atoms in total. The largest absolute Gasteiger partial charge is 2.00 e. The topological polar surface area (TPSA) is 155 Å². The molecule has 0 saturated carbocycles. The van der Waals surface area contributed by atoms with E-state index in [0.717, 1.165) is 89.4 Å². The first-order chi connectivity index (χ1) is 30.9. The van der Waals surface area contributed by atoms with Crippen LogP contribution in [0.3, 0.4) is 0 Å². The molecule has 318 valence electrons. The Labute approximate surface area is 384 Å². The molecule has 0 spiro atoms. The summed E-state index contributed by atoms with van der Waals surface area (Å²) in [5.41, 5.74) is 16.2. The number of hydrogen-bond acceptors (Lipinski definition) is 12. The molecule has 0 saturated heterocycles. The summed E-state index contributed by atoms with van der Waals surface area (Å²) >= 11 is 0. The van der Waals surface area contributed by atoms with Crippen molar-refractivity contribution in [3.63, 3.8) is 0 Å². The number of aryl methyl sites for hydroxylation is 9. The molecule has 9 rings (SSSR count). The van der Waals surface area contributed by atoms with E-state index in [0.29, 0.717) is 0 Å². The molecule has 0 atom stereocenters. The van der Waals surface area contributed by atoms with Gasteiger partial charge in [-0.15, -0.1) is 0 Å². The number of rotatable bonds is 12. The van der Waals surface area contributed by atoms with Crippen molar-refractivity contribution in [3.8, 4) is 34.2 Å². The zero-order valence-corrected chi connectivity index (χ0v) is 37.2. The molecule has 0 amide bonds. The Morgan fingerprint density at radius 3 is 0.750 bits per heavy atom. The Morgan fingerprint density at radius 1 is 0.281 bits per heavy atom. The smallest absolute Gasteiger partial charge is 0.255 e. The van der Waals surface area contributed by atoms with Crippen LogP contribution < -0.4 is 0 Å². The molecule has 0 aliphatic carbocycles. The first kappa shape index (κ1) is 46.2. The van der Waals surface area contributed by atoms with Crippen LogP contribution in [0.25, 0.3) is 34.2 Å². The molecular weight excluding hydrogens is 836 g/mol. The molecule has 0 radical (unpaired) electrons. The first-order valence-electron chi connectivity index (χ1n) is 20.8. The monoisotopic (exact) mass is 884 g/mol. The summed E-state index contributed by atoms with van der Waals surface area (Å²) in [6, 6.07) is 24.6. The summed E-state index contributed by atoms with van der Waals surface area (Å²) in [5, 5.41) is 0. The molecule has 64 heavy (non-hydrogen) atoms. The third-order valence-electron chi connectivity index (χ3n) is 9.96. The average Bonchev–Trinajstić information content (AvgIpc) is 3.34. The van der Waals surface area contributed by atoms with Crippen LogP contribution in [0, 0.1) is 20.8 Å². The predicted molar refractivity (Wildman–Crippen MR) is 245 cm³/mol. The second-order valence-corrected chi connectivity index (χ2v) is 15.0. The van der Waals surface area contributed by atoms with Crippen molar-refractivity contribution in [1.82, 2.24) is 59.8 Å². The van der Waals surface area contributed by atoms with E-state index in [4.69, 9.17) is 0 Å². The van der Waals surface area contributed by atoms with E-state index in [1.54, 1.807) is 19.0 Å². The van der Waals surface area contributed by atoms with E-state index >= 15 is 0 Å². The van der Waals surface area contributed by atoms with Gasteiger partial charge in [-0.2, -0.15) is 0 Å². The molecule has 0 bridgehead atoms. The van der Waals surface area contributed by atoms with Crippen LogP contribution >= 0.6 is 0 Å². The van der Waals surface area contributed by atoms with Crippen molar-refractivity contribution in [1.29, 1.82) is 0 Å². The van der Waals surface area contributed by atoms with Crippen molar-refractivity contribution in [2.75, 3.05) is 0 Å². The van der Waals surface area contributed by atoms with Crippen molar-refractivity contribution >= 4 is 0 Å². The number of hydrogen-bond donors (Lipinski definition) is 0. The fraction of sp³-hybridized carbons (Fsp3) is 0.176. The Hall–Kier alpha value is -7.34. The Bertz CT molecular complexity index is 2490. The molecular formula is C51H48FeN12+2. The maximum absolute atomic E-state index is 4.42. The van der Waals surface area contributed by atoms with E-state index < -0.39 is 0 Å². The maximum atomic E-state index is 4.42. The zero-order valence-electron chi connectivity index (χ0n) is 36.1. The average molecular weight is 885 g/mol. The standard InChI is InChI=1S/3C17H16N4.Fe/c3*1-13-4-6-20-16(8-13)17-9-14(5-7-21-17)2-3-15-10-18-12-19-11-15;/h3*4-12H,2-3H2,1H3;/q;;;+2. The number of pyridine rings is 6. The zero-order chi connectivity index (χ0) is 43.5. The second kappa shape index (κ2) is 24.3. The van der Waals surface area contributed by atoms with Gasteiger partial charge in [0.05, 0.1) is 34.2 Å². The minimum Gasteiger partial charge on any atom is -0.255 e. The van der Waals surface area contributed by atoms with E-state index in [2.05, 4.69) is 117 Å². The van der Waals surface area contributed by atoms with E-state index in [1.807, 2.05) is 111 Å².